The van der Waals surface area contributed by atoms with Gasteiger partial charge in [-0.1, -0.05) is 29.8 Å². The number of nitrogens with one attached hydrogen (secondary N) is 2. The van der Waals surface area contributed by atoms with Crippen molar-refractivity contribution in [2.24, 2.45) is 0 Å². The third-order valence-corrected chi connectivity index (χ3v) is 4.76. The van der Waals surface area contributed by atoms with Crippen LogP contribution in [0.2, 0.25) is 5.02 Å². The van der Waals surface area contributed by atoms with E-state index >= 15 is 0 Å². The number of carbonyl (C=O) groups excluding carboxylic acids is 1. The van der Waals surface area contributed by atoms with Crippen molar-refractivity contribution >= 4 is 28.4 Å². The van der Waals surface area contributed by atoms with E-state index in [1.54, 1.807) is 0 Å². The van der Waals surface area contributed by atoms with Gasteiger partial charge in [-0.3, -0.25) is 4.79 Å². The summed E-state index contributed by atoms with van der Waals surface area (Å²) < 4.78 is 5.66. The van der Waals surface area contributed by atoms with Crippen LogP contribution >= 0.6 is 11.6 Å². The van der Waals surface area contributed by atoms with E-state index in [-0.39, 0.29) is 5.91 Å². The van der Waals surface area contributed by atoms with Gasteiger partial charge < -0.3 is 15.0 Å². The summed E-state index contributed by atoms with van der Waals surface area (Å²) in [5.74, 6) is 0.840. The smallest absolute Gasteiger partial charge is 0.220 e. The van der Waals surface area contributed by atoms with Crippen LogP contribution in [0.5, 0.6) is 5.75 Å². The monoisotopic (exact) mass is 370 g/mol. The Morgan fingerprint density at radius 3 is 2.92 bits per heavy atom. The molecule has 136 valence electrons. The van der Waals surface area contributed by atoms with E-state index in [4.69, 9.17) is 16.3 Å². The number of amides is 1. The van der Waals surface area contributed by atoms with E-state index < -0.39 is 0 Å². The maximum atomic E-state index is 12.0. The largest absolute Gasteiger partial charge is 0.494 e. The number of aryl methyl sites for hydroxylation is 1. The molecule has 0 aliphatic carbocycles. The van der Waals surface area contributed by atoms with E-state index in [9.17, 15) is 4.79 Å². The summed E-state index contributed by atoms with van der Waals surface area (Å²) >= 11 is 5.99. The van der Waals surface area contributed by atoms with Crippen molar-refractivity contribution in [3.63, 3.8) is 0 Å². The Hall–Kier alpha value is -2.46. The summed E-state index contributed by atoms with van der Waals surface area (Å²) in [5, 5.41) is 4.92. The quantitative estimate of drug-likeness (QED) is 0.567. The molecule has 3 aromatic rings. The second-order valence-corrected chi connectivity index (χ2v) is 6.73. The topological polar surface area (TPSA) is 54.1 Å². The van der Waals surface area contributed by atoms with Crippen molar-refractivity contribution in [1.29, 1.82) is 0 Å². The maximum absolute atomic E-state index is 12.0. The summed E-state index contributed by atoms with van der Waals surface area (Å²) in [6, 6.07) is 13.8. The molecule has 0 saturated carbocycles. The molecule has 0 atom stereocenters. The molecule has 0 saturated heterocycles. The van der Waals surface area contributed by atoms with Crippen molar-refractivity contribution in [3.8, 4) is 5.75 Å². The van der Waals surface area contributed by atoms with Crippen LogP contribution in [-0.2, 0) is 11.2 Å². The summed E-state index contributed by atoms with van der Waals surface area (Å²) in [7, 11) is 0. The highest BCUT2D eigenvalue weighted by Crippen LogP contribution is 2.21. The number of halogens is 1. The van der Waals surface area contributed by atoms with Crippen molar-refractivity contribution in [1.82, 2.24) is 10.3 Å². The normalized spacial score (nSPS) is 10.8. The lowest BCUT2D eigenvalue weighted by Crippen LogP contribution is -2.25. The average molecular weight is 371 g/mol. The van der Waals surface area contributed by atoms with E-state index in [2.05, 4.69) is 22.4 Å². The molecule has 3 rings (SSSR count). The number of aromatic nitrogens is 1. The Morgan fingerprint density at radius 1 is 1.23 bits per heavy atom. The molecule has 2 aromatic carbocycles. The van der Waals surface area contributed by atoms with E-state index in [1.807, 2.05) is 43.5 Å². The molecule has 2 N–H and O–H groups in total. The molecule has 0 spiro atoms. The lowest BCUT2D eigenvalue weighted by molar-refractivity contribution is -0.121. The Kier molecular flexibility index (Phi) is 6.18. The summed E-state index contributed by atoms with van der Waals surface area (Å²) in [6.45, 7) is 3.09. The van der Waals surface area contributed by atoms with Gasteiger partial charge in [0.2, 0.25) is 5.91 Å². The molecule has 26 heavy (non-hydrogen) atoms. The third-order valence-electron chi connectivity index (χ3n) is 4.34. The highest BCUT2D eigenvalue weighted by atomic mass is 35.5. The van der Waals surface area contributed by atoms with Gasteiger partial charge in [-0.15, -0.1) is 0 Å². The zero-order valence-electron chi connectivity index (χ0n) is 14.8. The minimum absolute atomic E-state index is 0.0562. The second-order valence-electron chi connectivity index (χ2n) is 6.32. The predicted molar refractivity (Wildman–Crippen MR) is 106 cm³/mol. The van der Waals surface area contributed by atoms with Gasteiger partial charge in [0.15, 0.2) is 0 Å². The highest BCUT2D eigenvalue weighted by Gasteiger charge is 2.05. The van der Waals surface area contributed by atoms with Gasteiger partial charge in [-0.25, -0.2) is 0 Å². The number of hydrogen-bond acceptors (Lipinski definition) is 2. The molecular weight excluding hydrogens is 348 g/mol. The van der Waals surface area contributed by atoms with Crippen LogP contribution in [0.3, 0.4) is 0 Å². The lowest BCUT2D eigenvalue weighted by Gasteiger charge is -2.08. The van der Waals surface area contributed by atoms with Crippen LogP contribution in [0.1, 0.15) is 24.0 Å². The van der Waals surface area contributed by atoms with E-state index in [1.165, 1.54) is 10.9 Å². The second kappa shape index (κ2) is 8.77. The SMILES string of the molecule is Cc1cc(OCCCC(=O)NCCc2c[nH]c3ccccc23)ccc1Cl. The average Bonchev–Trinajstić information content (AvgIpc) is 3.05. The molecule has 1 amide bonds. The molecule has 0 unspecified atom stereocenters. The third kappa shape index (κ3) is 4.79. The Balaban J connectivity index is 1.35. The number of carbonyl (C=O) groups is 1. The number of benzene rings is 2. The summed E-state index contributed by atoms with van der Waals surface area (Å²) in [6.07, 6.45) is 3.97. The number of fused-ring (bicyclic) bond motifs is 1. The molecular formula is C21H23ClN2O2. The molecule has 1 heterocycles. The van der Waals surface area contributed by atoms with Crippen LogP contribution < -0.4 is 10.1 Å². The van der Waals surface area contributed by atoms with Gasteiger partial charge in [-0.2, -0.15) is 0 Å². The first-order chi connectivity index (χ1) is 12.6. The van der Waals surface area contributed by atoms with Gasteiger partial charge in [-0.05, 0) is 55.2 Å². The van der Waals surface area contributed by atoms with Crippen molar-refractivity contribution < 1.29 is 9.53 Å². The highest BCUT2D eigenvalue weighted by molar-refractivity contribution is 6.31. The van der Waals surface area contributed by atoms with Crippen LogP contribution in [0.15, 0.2) is 48.7 Å². The van der Waals surface area contributed by atoms with Gasteiger partial charge >= 0.3 is 0 Å². The molecule has 0 radical (unpaired) electrons. The molecule has 0 bridgehead atoms. The fourth-order valence-corrected chi connectivity index (χ4v) is 3.01. The van der Waals surface area contributed by atoms with Crippen LogP contribution in [-0.4, -0.2) is 24.0 Å². The van der Waals surface area contributed by atoms with E-state index in [0.717, 1.165) is 28.3 Å². The summed E-state index contributed by atoms with van der Waals surface area (Å²) in [5.41, 5.74) is 3.34. The number of para-hydroxylation sites is 1. The Bertz CT molecular complexity index is 889. The maximum Gasteiger partial charge on any atom is 0.220 e. The number of ether oxygens (including phenoxy) is 1. The Morgan fingerprint density at radius 2 is 2.08 bits per heavy atom. The molecule has 0 aliphatic heterocycles. The van der Waals surface area contributed by atoms with Crippen LogP contribution in [0, 0.1) is 6.92 Å². The fourth-order valence-electron chi connectivity index (χ4n) is 2.89. The standard InChI is InChI=1S/C21H23ClN2O2/c1-15-13-17(8-9-19(15)22)26-12-4-7-21(25)23-11-10-16-14-24-20-6-3-2-5-18(16)20/h2-3,5-6,8-9,13-14,24H,4,7,10-12H2,1H3,(H,23,25). The van der Waals surface area contributed by atoms with Gasteiger partial charge in [0, 0.05) is 35.1 Å². The predicted octanol–water partition coefficient (Wildman–Crippen LogP) is 4.65. The first-order valence-electron chi connectivity index (χ1n) is 8.84. The zero-order valence-corrected chi connectivity index (χ0v) is 15.6. The molecule has 0 fully saturated rings. The van der Waals surface area contributed by atoms with Gasteiger partial charge in [0.25, 0.3) is 0 Å². The van der Waals surface area contributed by atoms with Crippen molar-refractivity contribution in [2.75, 3.05) is 13.2 Å². The van der Waals surface area contributed by atoms with Gasteiger partial charge in [0.1, 0.15) is 5.75 Å². The van der Waals surface area contributed by atoms with Crippen molar-refractivity contribution in [2.45, 2.75) is 26.2 Å². The molecule has 4 nitrogen and oxygen atoms in total. The van der Waals surface area contributed by atoms with Crippen molar-refractivity contribution in [3.05, 3.63) is 64.8 Å². The minimum atomic E-state index is 0.0562. The molecule has 5 heteroatoms. The number of hydrogen-bond donors (Lipinski definition) is 2. The minimum Gasteiger partial charge on any atom is -0.494 e. The van der Waals surface area contributed by atoms with Gasteiger partial charge in [0.05, 0.1) is 6.61 Å². The lowest BCUT2D eigenvalue weighted by atomic mass is 10.1. The molecule has 1 aromatic heterocycles. The molecule has 0 aliphatic rings. The number of aromatic amines is 1. The summed E-state index contributed by atoms with van der Waals surface area (Å²) in [4.78, 5) is 15.2. The zero-order chi connectivity index (χ0) is 18.4. The first kappa shape index (κ1) is 18.3. The van der Waals surface area contributed by atoms with E-state index in [0.29, 0.717) is 26.0 Å². The number of rotatable bonds is 8. The fraction of sp³-hybridized carbons (Fsp3) is 0.286. The van der Waals surface area contributed by atoms with Crippen LogP contribution in [0.4, 0.5) is 0 Å². The van der Waals surface area contributed by atoms with Crippen LogP contribution in [0.25, 0.3) is 10.9 Å². The number of H-pyrrole nitrogens is 1. The first-order valence-corrected chi connectivity index (χ1v) is 9.22. The Labute approximate surface area is 158 Å².